The molecule has 3 aliphatic heterocycles. The molecule has 2 N–H and O–H groups in total. The molecular formula is C23H31N5O2. The third-order valence-corrected chi connectivity index (χ3v) is 7.01. The second-order valence-corrected chi connectivity index (χ2v) is 8.91. The molecule has 4 heterocycles. The Balaban J connectivity index is 1.29. The Kier molecular flexibility index (Phi) is 5.48. The molecule has 0 saturated carbocycles. The Morgan fingerprint density at radius 1 is 0.967 bits per heavy atom. The Morgan fingerprint density at radius 3 is 2.53 bits per heavy atom. The number of hydrogen-bond donors (Lipinski definition) is 2. The number of urea groups is 1. The van der Waals surface area contributed by atoms with E-state index in [1.165, 1.54) is 38.0 Å². The van der Waals surface area contributed by atoms with Crippen LogP contribution < -0.4 is 15.5 Å². The number of rotatable bonds is 4. The second kappa shape index (κ2) is 8.40. The van der Waals surface area contributed by atoms with E-state index in [1.807, 2.05) is 12.1 Å². The lowest BCUT2D eigenvalue weighted by molar-refractivity contribution is -0.120. The summed E-state index contributed by atoms with van der Waals surface area (Å²) in [4.78, 5) is 28.2. The molecule has 7 nitrogen and oxygen atoms in total. The van der Waals surface area contributed by atoms with Gasteiger partial charge in [0.15, 0.2) is 0 Å². The summed E-state index contributed by atoms with van der Waals surface area (Å²) in [5.41, 5.74) is 2.06. The first-order valence-corrected chi connectivity index (χ1v) is 11.3. The molecule has 0 aliphatic carbocycles. The van der Waals surface area contributed by atoms with Crippen molar-refractivity contribution in [2.45, 2.75) is 38.1 Å². The van der Waals surface area contributed by atoms with Crippen molar-refractivity contribution in [3.63, 3.8) is 0 Å². The van der Waals surface area contributed by atoms with Crippen LogP contribution in [0.4, 0.5) is 10.5 Å². The number of hydrogen-bond acceptors (Lipinski definition) is 4. The number of aromatic nitrogens is 1. The fraction of sp³-hybridized carbons (Fsp3) is 0.565. The number of piperidine rings is 2. The molecule has 2 aromatic rings. The number of amides is 3. The monoisotopic (exact) mass is 409 g/mol. The minimum Gasteiger partial charge on any atom is -0.344 e. The van der Waals surface area contributed by atoms with Crippen LogP contribution in [0.15, 0.2) is 30.5 Å². The average Bonchev–Trinajstić information content (AvgIpc) is 3.20. The van der Waals surface area contributed by atoms with E-state index in [0.29, 0.717) is 19.0 Å². The van der Waals surface area contributed by atoms with Crippen LogP contribution in [0, 0.1) is 5.92 Å². The van der Waals surface area contributed by atoms with Gasteiger partial charge >= 0.3 is 6.03 Å². The number of nitrogens with one attached hydrogen (secondary N) is 2. The maximum Gasteiger partial charge on any atom is 0.328 e. The number of imide groups is 1. The van der Waals surface area contributed by atoms with Crippen LogP contribution in [0.5, 0.6) is 0 Å². The number of carbonyl (C=O) groups is 2. The number of benzene rings is 1. The van der Waals surface area contributed by atoms with Gasteiger partial charge in [0.05, 0.1) is 11.2 Å². The number of nitrogens with zero attached hydrogens (tertiary/aromatic N) is 3. The van der Waals surface area contributed by atoms with E-state index in [1.54, 1.807) is 4.90 Å². The van der Waals surface area contributed by atoms with Crippen molar-refractivity contribution in [3.8, 4) is 0 Å². The Morgan fingerprint density at radius 2 is 1.77 bits per heavy atom. The zero-order chi connectivity index (χ0) is 20.5. The van der Waals surface area contributed by atoms with Gasteiger partial charge in [-0.1, -0.05) is 6.07 Å². The van der Waals surface area contributed by atoms with E-state index < -0.39 is 0 Å². The number of likely N-dealkylation sites (tertiary alicyclic amines) is 1. The van der Waals surface area contributed by atoms with Crippen LogP contribution in [0.2, 0.25) is 0 Å². The Labute approximate surface area is 177 Å². The largest absolute Gasteiger partial charge is 0.344 e. The Hall–Kier alpha value is -2.38. The highest BCUT2D eigenvalue weighted by Gasteiger charge is 2.27. The van der Waals surface area contributed by atoms with Crippen molar-refractivity contribution < 1.29 is 9.59 Å². The predicted octanol–water partition coefficient (Wildman–Crippen LogP) is 2.72. The SMILES string of the molecule is O=C1CCN(c2cccc3c2ccn3C2CCN(CC3CCNCC3)CC2)C(=O)N1. The van der Waals surface area contributed by atoms with Crippen LogP contribution in [0.3, 0.4) is 0 Å². The molecule has 30 heavy (non-hydrogen) atoms. The smallest absolute Gasteiger partial charge is 0.328 e. The summed E-state index contributed by atoms with van der Waals surface area (Å²) in [6.07, 6.45) is 7.46. The van der Waals surface area contributed by atoms with Gasteiger partial charge in [0.25, 0.3) is 0 Å². The molecule has 3 saturated heterocycles. The quantitative estimate of drug-likeness (QED) is 0.815. The highest BCUT2D eigenvalue weighted by molar-refractivity contribution is 6.09. The summed E-state index contributed by atoms with van der Waals surface area (Å²) >= 11 is 0. The fourth-order valence-electron chi connectivity index (χ4n) is 5.33. The summed E-state index contributed by atoms with van der Waals surface area (Å²) in [6, 6.07) is 8.44. The van der Waals surface area contributed by atoms with Gasteiger partial charge in [-0.15, -0.1) is 0 Å². The standard InChI is InChI=1S/C23H31N5O2/c29-22-9-15-28(23(30)25-22)21-3-1-2-20-19(21)8-14-27(20)18-6-12-26(13-7-18)16-17-4-10-24-11-5-17/h1-3,8,14,17-18,24H,4-7,9-13,15-16H2,(H,25,29,30). The topological polar surface area (TPSA) is 69.6 Å². The lowest BCUT2D eigenvalue weighted by atomic mass is 9.96. The molecule has 0 atom stereocenters. The van der Waals surface area contributed by atoms with Crippen LogP contribution in [0.1, 0.15) is 38.1 Å². The van der Waals surface area contributed by atoms with Crippen LogP contribution >= 0.6 is 0 Å². The van der Waals surface area contributed by atoms with Crippen LogP contribution in [-0.4, -0.2) is 60.7 Å². The zero-order valence-electron chi connectivity index (χ0n) is 17.5. The molecule has 3 amide bonds. The fourth-order valence-corrected chi connectivity index (χ4v) is 5.33. The van der Waals surface area contributed by atoms with Crippen LogP contribution in [-0.2, 0) is 4.79 Å². The molecule has 3 aliphatic rings. The molecule has 0 unspecified atom stereocenters. The Bertz CT molecular complexity index is 925. The van der Waals surface area contributed by atoms with E-state index in [0.717, 1.165) is 42.9 Å². The van der Waals surface area contributed by atoms with Crippen molar-refractivity contribution in [2.75, 3.05) is 44.2 Å². The molecule has 0 radical (unpaired) electrons. The van der Waals surface area contributed by atoms with Gasteiger partial charge in [-0.05, 0) is 62.9 Å². The number of anilines is 1. The van der Waals surface area contributed by atoms with Crippen molar-refractivity contribution in [1.29, 1.82) is 0 Å². The van der Waals surface area contributed by atoms with Gasteiger partial charge in [-0.3, -0.25) is 15.0 Å². The first kappa shape index (κ1) is 19.6. The third kappa shape index (κ3) is 3.84. The van der Waals surface area contributed by atoms with E-state index in [-0.39, 0.29) is 11.9 Å². The predicted molar refractivity (Wildman–Crippen MR) is 118 cm³/mol. The minimum atomic E-state index is -0.322. The molecule has 3 fully saturated rings. The van der Waals surface area contributed by atoms with Crippen molar-refractivity contribution >= 4 is 28.5 Å². The van der Waals surface area contributed by atoms with Crippen molar-refractivity contribution in [3.05, 3.63) is 30.5 Å². The van der Waals surface area contributed by atoms with Gasteiger partial charge in [0.2, 0.25) is 5.91 Å². The van der Waals surface area contributed by atoms with Crippen LogP contribution in [0.25, 0.3) is 10.9 Å². The average molecular weight is 410 g/mol. The summed E-state index contributed by atoms with van der Waals surface area (Å²) < 4.78 is 2.40. The summed E-state index contributed by atoms with van der Waals surface area (Å²) in [7, 11) is 0. The van der Waals surface area contributed by atoms with Gasteiger partial charge < -0.3 is 14.8 Å². The van der Waals surface area contributed by atoms with Gasteiger partial charge in [-0.25, -0.2) is 4.79 Å². The molecule has 1 aromatic heterocycles. The lowest BCUT2D eigenvalue weighted by Gasteiger charge is -2.36. The first-order chi connectivity index (χ1) is 14.7. The van der Waals surface area contributed by atoms with E-state index in [2.05, 4.69) is 38.4 Å². The lowest BCUT2D eigenvalue weighted by Crippen LogP contribution is -2.49. The molecule has 0 spiro atoms. The van der Waals surface area contributed by atoms with E-state index in [4.69, 9.17) is 0 Å². The number of fused-ring (bicyclic) bond motifs is 1. The molecule has 160 valence electrons. The molecule has 7 heteroatoms. The van der Waals surface area contributed by atoms with E-state index in [9.17, 15) is 9.59 Å². The van der Waals surface area contributed by atoms with Gasteiger partial charge in [0, 0.05) is 50.2 Å². The zero-order valence-corrected chi connectivity index (χ0v) is 17.5. The maximum atomic E-state index is 12.3. The van der Waals surface area contributed by atoms with E-state index >= 15 is 0 Å². The number of carbonyl (C=O) groups excluding carboxylic acids is 2. The molecular weight excluding hydrogens is 378 g/mol. The first-order valence-electron chi connectivity index (χ1n) is 11.3. The molecule has 5 rings (SSSR count). The normalized spacial score (nSPS) is 22.6. The molecule has 0 bridgehead atoms. The van der Waals surface area contributed by atoms with Crippen molar-refractivity contribution in [1.82, 2.24) is 20.1 Å². The third-order valence-electron chi connectivity index (χ3n) is 7.01. The second-order valence-electron chi connectivity index (χ2n) is 8.91. The highest BCUT2D eigenvalue weighted by Crippen LogP contribution is 2.33. The summed E-state index contributed by atoms with van der Waals surface area (Å²) in [5, 5.41) is 6.98. The highest BCUT2D eigenvalue weighted by atomic mass is 16.2. The van der Waals surface area contributed by atoms with Gasteiger partial charge in [0.1, 0.15) is 0 Å². The van der Waals surface area contributed by atoms with Gasteiger partial charge in [-0.2, -0.15) is 0 Å². The molecule has 1 aromatic carbocycles. The maximum absolute atomic E-state index is 12.3. The summed E-state index contributed by atoms with van der Waals surface area (Å²) in [5.74, 6) is 0.651. The van der Waals surface area contributed by atoms with Crippen molar-refractivity contribution in [2.24, 2.45) is 5.92 Å². The summed E-state index contributed by atoms with van der Waals surface area (Å²) in [6.45, 7) is 6.33. The minimum absolute atomic E-state index is 0.197.